The highest BCUT2D eigenvalue weighted by atomic mass is 16.1. The third kappa shape index (κ3) is 3.53. The van der Waals surface area contributed by atoms with Crippen LogP contribution in [0.15, 0.2) is 18.5 Å². The van der Waals surface area contributed by atoms with Gasteiger partial charge < -0.3 is 9.88 Å². The monoisotopic (exact) mass is 356 g/mol. The lowest BCUT2D eigenvalue weighted by atomic mass is 9.85. The van der Waals surface area contributed by atoms with E-state index in [-0.39, 0.29) is 11.8 Å². The van der Waals surface area contributed by atoms with E-state index in [4.69, 9.17) is 0 Å². The summed E-state index contributed by atoms with van der Waals surface area (Å²) in [4.78, 5) is 18.9. The van der Waals surface area contributed by atoms with Gasteiger partial charge in [-0.15, -0.1) is 0 Å². The summed E-state index contributed by atoms with van der Waals surface area (Å²) < 4.78 is 4.31. The van der Waals surface area contributed by atoms with Crippen LogP contribution < -0.4 is 5.32 Å². The number of carbonyl (C=O) groups is 1. The molecule has 7 nitrogen and oxygen atoms in total. The molecule has 1 aliphatic heterocycles. The Kier molecular flexibility index (Phi) is 4.80. The van der Waals surface area contributed by atoms with E-state index in [1.807, 2.05) is 6.20 Å². The van der Waals surface area contributed by atoms with Crippen molar-refractivity contribution in [3.63, 3.8) is 0 Å². The van der Waals surface area contributed by atoms with Crippen LogP contribution in [-0.2, 0) is 31.0 Å². The smallest absolute Gasteiger partial charge is 0.223 e. The Hall–Kier alpha value is -2.15. The second kappa shape index (κ2) is 7.23. The van der Waals surface area contributed by atoms with Gasteiger partial charge in [0.1, 0.15) is 5.82 Å². The van der Waals surface area contributed by atoms with E-state index in [1.54, 1.807) is 0 Å². The molecule has 0 radical (unpaired) electrons. The first-order chi connectivity index (χ1) is 12.6. The van der Waals surface area contributed by atoms with Crippen LogP contribution >= 0.6 is 0 Å². The predicted octanol–water partition coefficient (Wildman–Crippen LogP) is 2.09. The van der Waals surface area contributed by atoms with E-state index in [2.05, 4.69) is 55.7 Å². The van der Waals surface area contributed by atoms with Gasteiger partial charge in [0.2, 0.25) is 5.91 Å². The fourth-order valence-corrected chi connectivity index (χ4v) is 3.73. The van der Waals surface area contributed by atoms with Gasteiger partial charge in [0.25, 0.3) is 0 Å². The molecule has 1 N–H and O–H groups in total. The van der Waals surface area contributed by atoms with Crippen LogP contribution in [0.25, 0.3) is 0 Å². The zero-order chi connectivity index (χ0) is 18.1. The topological polar surface area (TPSA) is 68.0 Å². The lowest BCUT2D eigenvalue weighted by molar-refractivity contribution is -0.127. The summed E-state index contributed by atoms with van der Waals surface area (Å²) in [6, 6.07) is 2.55. The highest BCUT2D eigenvalue weighted by molar-refractivity contribution is 5.79. The molecule has 0 atom stereocenters. The number of fused-ring (bicyclic) bond motifs is 1. The minimum atomic E-state index is 0.185. The molecule has 26 heavy (non-hydrogen) atoms. The average Bonchev–Trinajstić information content (AvgIpc) is 3.17. The van der Waals surface area contributed by atoms with Crippen LogP contribution in [0, 0.1) is 5.92 Å². The van der Waals surface area contributed by atoms with Crippen molar-refractivity contribution in [2.24, 2.45) is 5.92 Å². The Bertz CT molecular complexity index is 773. The van der Waals surface area contributed by atoms with Crippen LogP contribution in [-0.4, -0.2) is 36.7 Å². The van der Waals surface area contributed by atoms with E-state index >= 15 is 0 Å². The molecule has 7 heteroatoms. The number of aromatic nitrogens is 4. The van der Waals surface area contributed by atoms with Crippen molar-refractivity contribution < 1.29 is 4.79 Å². The zero-order valence-corrected chi connectivity index (χ0v) is 15.7. The van der Waals surface area contributed by atoms with Crippen molar-refractivity contribution in [2.45, 2.75) is 65.3 Å². The van der Waals surface area contributed by atoms with E-state index < -0.39 is 0 Å². The van der Waals surface area contributed by atoms with E-state index in [0.717, 1.165) is 50.5 Å². The van der Waals surface area contributed by atoms with Crippen molar-refractivity contribution in [1.82, 2.24) is 29.5 Å². The Balaban J connectivity index is 1.35. The van der Waals surface area contributed by atoms with Crippen molar-refractivity contribution >= 4 is 5.91 Å². The highest BCUT2D eigenvalue weighted by Crippen LogP contribution is 2.26. The summed E-state index contributed by atoms with van der Waals surface area (Å²) in [7, 11) is 0. The normalized spacial score (nSPS) is 18.0. The molecule has 0 spiro atoms. The molecule has 3 heterocycles. The number of hydrogen-bond acceptors (Lipinski definition) is 4. The second-order valence-corrected chi connectivity index (χ2v) is 7.75. The van der Waals surface area contributed by atoms with Crippen molar-refractivity contribution in [2.75, 3.05) is 6.54 Å². The lowest BCUT2D eigenvalue weighted by Crippen LogP contribution is -2.34. The molecule has 4 rings (SSSR count). The van der Waals surface area contributed by atoms with Gasteiger partial charge in [-0.1, -0.05) is 6.42 Å². The summed E-state index contributed by atoms with van der Waals surface area (Å²) >= 11 is 0. The molecule has 2 aromatic rings. The molecule has 140 valence electrons. The number of rotatable bonds is 6. The Morgan fingerprint density at radius 1 is 1.35 bits per heavy atom. The predicted molar refractivity (Wildman–Crippen MR) is 98.1 cm³/mol. The van der Waals surface area contributed by atoms with Crippen LogP contribution in [0.2, 0.25) is 0 Å². The van der Waals surface area contributed by atoms with Gasteiger partial charge in [-0.3, -0.25) is 14.4 Å². The second-order valence-electron chi connectivity index (χ2n) is 7.75. The van der Waals surface area contributed by atoms with Crippen LogP contribution in [0.3, 0.4) is 0 Å². The number of carbonyl (C=O) groups excluding carboxylic acids is 1. The minimum absolute atomic E-state index is 0.185. The maximum absolute atomic E-state index is 12.0. The molecule has 1 fully saturated rings. The fourth-order valence-electron chi connectivity index (χ4n) is 3.73. The summed E-state index contributed by atoms with van der Waals surface area (Å²) in [5.41, 5.74) is 2.17. The summed E-state index contributed by atoms with van der Waals surface area (Å²) in [6.45, 7) is 8.47. The number of hydrogen-bond donors (Lipinski definition) is 1. The van der Waals surface area contributed by atoms with Gasteiger partial charge in [-0.25, -0.2) is 4.98 Å². The number of imidazole rings is 1. The lowest BCUT2D eigenvalue weighted by Gasteiger charge is -2.27. The van der Waals surface area contributed by atoms with Gasteiger partial charge in [-0.2, -0.15) is 5.10 Å². The SMILES string of the molecule is CC(C)n1ccnc1CN1CCn2nc(CNC(=O)C3CCC3)cc2C1. The number of nitrogens with one attached hydrogen (secondary N) is 1. The summed E-state index contributed by atoms with van der Waals surface area (Å²) in [5, 5.41) is 7.69. The molecule has 1 saturated carbocycles. The zero-order valence-electron chi connectivity index (χ0n) is 15.7. The first kappa shape index (κ1) is 17.3. The van der Waals surface area contributed by atoms with Crippen molar-refractivity contribution in [1.29, 1.82) is 0 Å². The molecule has 0 saturated heterocycles. The quantitative estimate of drug-likeness (QED) is 0.861. The largest absolute Gasteiger partial charge is 0.350 e. The molecule has 2 aliphatic rings. The van der Waals surface area contributed by atoms with E-state index in [9.17, 15) is 4.79 Å². The van der Waals surface area contributed by atoms with E-state index in [1.165, 1.54) is 12.1 Å². The Labute approximate surface area is 154 Å². The Morgan fingerprint density at radius 2 is 2.19 bits per heavy atom. The van der Waals surface area contributed by atoms with Gasteiger partial charge in [0.15, 0.2) is 0 Å². The third-order valence-electron chi connectivity index (χ3n) is 5.52. The first-order valence-electron chi connectivity index (χ1n) is 9.67. The summed E-state index contributed by atoms with van der Waals surface area (Å²) in [6.07, 6.45) is 7.19. The maximum atomic E-state index is 12.0. The molecular formula is C19H28N6O. The van der Waals surface area contributed by atoms with Gasteiger partial charge in [-0.05, 0) is 32.8 Å². The average molecular weight is 356 g/mol. The van der Waals surface area contributed by atoms with E-state index in [0.29, 0.717) is 12.6 Å². The minimum Gasteiger partial charge on any atom is -0.350 e. The summed E-state index contributed by atoms with van der Waals surface area (Å²) in [5.74, 6) is 1.53. The van der Waals surface area contributed by atoms with Crippen LogP contribution in [0.4, 0.5) is 0 Å². The van der Waals surface area contributed by atoms with Crippen LogP contribution in [0.1, 0.15) is 56.4 Å². The highest BCUT2D eigenvalue weighted by Gasteiger charge is 2.25. The third-order valence-corrected chi connectivity index (χ3v) is 5.52. The Morgan fingerprint density at radius 3 is 2.92 bits per heavy atom. The van der Waals surface area contributed by atoms with Gasteiger partial charge in [0, 0.05) is 37.4 Å². The maximum Gasteiger partial charge on any atom is 0.223 e. The molecule has 2 aromatic heterocycles. The van der Waals surface area contributed by atoms with Crippen LogP contribution in [0.5, 0.6) is 0 Å². The molecular weight excluding hydrogens is 328 g/mol. The number of nitrogens with zero attached hydrogens (tertiary/aromatic N) is 5. The van der Waals surface area contributed by atoms with Gasteiger partial charge >= 0.3 is 0 Å². The van der Waals surface area contributed by atoms with Gasteiger partial charge in [0.05, 0.1) is 31.0 Å². The van der Waals surface area contributed by atoms with Crippen molar-refractivity contribution in [3.8, 4) is 0 Å². The molecule has 0 bridgehead atoms. The fraction of sp³-hybridized carbons (Fsp3) is 0.632. The van der Waals surface area contributed by atoms with Crippen molar-refractivity contribution in [3.05, 3.63) is 35.7 Å². The molecule has 1 aliphatic carbocycles. The molecule has 0 aromatic carbocycles. The molecule has 1 amide bonds. The number of amides is 1. The molecule has 0 unspecified atom stereocenters. The standard InChI is InChI=1S/C19H28N6O/c1-14(2)24-7-6-20-18(24)13-23-8-9-25-17(12-23)10-16(22-25)11-21-19(26)15-4-3-5-15/h6-7,10,14-15H,3-5,8-9,11-13H2,1-2H3,(H,21,26). The first-order valence-corrected chi connectivity index (χ1v) is 9.67.